The molecule has 0 fully saturated rings. The third-order valence-electron chi connectivity index (χ3n) is 6.06. The normalized spacial score (nSPS) is 23.4. The first-order valence-electron chi connectivity index (χ1n) is 9.51. The van der Waals surface area contributed by atoms with Crippen LogP contribution < -0.4 is 10.3 Å². The number of rotatable bonds is 1. The summed E-state index contributed by atoms with van der Waals surface area (Å²) < 4.78 is 18.3. The van der Waals surface area contributed by atoms with E-state index in [1.807, 2.05) is 6.07 Å². The van der Waals surface area contributed by atoms with E-state index in [4.69, 9.17) is 30.8 Å². The number of aliphatic hydroxyl groups is 1. The lowest BCUT2D eigenvalue weighted by atomic mass is 9.85. The summed E-state index contributed by atoms with van der Waals surface area (Å²) in [7, 11) is 0. The first kappa shape index (κ1) is 17.9. The Bertz CT molecular complexity index is 1350. The summed E-state index contributed by atoms with van der Waals surface area (Å²) in [6.07, 6.45) is -1.26. The van der Waals surface area contributed by atoms with Gasteiger partial charge in [-0.15, -0.1) is 0 Å². The van der Waals surface area contributed by atoms with Crippen LogP contribution >= 0.6 is 11.6 Å². The quantitative estimate of drug-likeness (QED) is 0.467. The molecule has 1 unspecified atom stereocenters. The van der Waals surface area contributed by atoms with Gasteiger partial charge in [0.2, 0.25) is 6.29 Å². The van der Waals surface area contributed by atoms with Gasteiger partial charge in [-0.2, -0.15) is 0 Å². The molecule has 0 saturated carbocycles. The maximum Gasteiger partial charge on any atom is 0.345 e. The zero-order chi connectivity index (χ0) is 20.8. The second-order valence-electron chi connectivity index (χ2n) is 7.57. The Morgan fingerprint density at radius 2 is 2.17 bits per heavy atom. The van der Waals surface area contributed by atoms with Gasteiger partial charge in [0.05, 0.1) is 34.0 Å². The number of nitrogens with zero attached hydrogens (tertiary/aromatic N) is 2. The molecule has 3 aliphatic rings. The van der Waals surface area contributed by atoms with Crippen LogP contribution in [0.4, 0.5) is 0 Å². The van der Waals surface area contributed by atoms with Crippen LogP contribution in [0.15, 0.2) is 29.1 Å². The Labute approximate surface area is 174 Å². The summed E-state index contributed by atoms with van der Waals surface area (Å²) >= 11 is 6.34. The lowest BCUT2D eigenvalue weighted by molar-refractivity contribution is -0.220. The molecule has 30 heavy (non-hydrogen) atoms. The van der Waals surface area contributed by atoms with Crippen molar-refractivity contribution >= 4 is 28.5 Å². The third-order valence-corrected chi connectivity index (χ3v) is 6.35. The smallest absolute Gasteiger partial charge is 0.345 e. The molecule has 2 aromatic heterocycles. The van der Waals surface area contributed by atoms with Crippen LogP contribution in [0.25, 0.3) is 22.3 Å². The van der Waals surface area contributed by atoms with E-state index in [0.717, 1.165) is 5.56 Å². The van der Waals surface area contributed by atoms with Crippen LogP contribution in [0.3, 0.4) is 0 Å². The number of hydrogen-bond acceptors (Lipinski definition) is 7. The monoisotopic (exact) mass is 426 g/mol. The second kappa shape index (κ2) is 5.81. The van der Waals surface area contributed by atoms with E-state index >= 15 is 0 Å². The molecule has 3 aromatic rings. The Kier molecular flexibility index (Phi) is 3.46. The van der Waals surface area contributed by atoms with Crippen LogP contribution in [0.1, 0.15) is 36.3 Å². The van der Waals surface area contributed by atoms with Gasteiger partial charge in [0.15, 0.2) is 18.1 Å². The molecule has 1 aromatic carbocycles. The van der Waals surface area contributed by atoms with Gasteiger partial charge in [-0.3, -0.25) is 4.79 Å². The Morgan fingerprint density at radius 1 is 1.33 bits per heavy atom. The zero-order valence-electron chi connectivity index (χ0n) is 15.8. The highest BCUT2D eigenvalue weighted by Gasteiger charge is 2.49. The minimum atomic E-state index is -1.95. The van der Waals surface area contributed by atoms with Crippen molar-refractivity contribution in [3.63, 3.8) is 0 Å². The van der Waals surface area contributed by atoms with E-state index in [0.29, 0.717) is 33.1 Å². The Morgan fingerprint density at radius 3 is 2.97 bits per heavy atom. The number of fused-ring (bicyclic) bond motifs is 1. The number of carbonyl (C=O) groups is 1. The lowest BCUT2D eigenvalue weighted by Crippen LogP contribution is -2.46. The Balaban J connectivity index is 1.74. The van der Waals surface area contributed by atoms with Gasteiger partial charge < -0.3 is 23.9 Å². The van der Waals surface area contributed by atoms with Crippen LogP contribution in [-0.2, 0) is 26.4 Å². The van der Waals surface area contributed by atoms with E-state index in [-0.39, 0.29) is 30.9 Å². The minimum absolute atomic E-state index is 0.0423. The predicted molar refractivity (Wildman–Crippen MR) is 105 cm³/mol. The molecule has 3 aliphatic heterocycles. The predicted octanol–water partition coefficient (Wildman–Crippen LogP) is 2.60. The summed E-state index contributed by atoms with van der Waals surface area (Å²) in [6, 6.07) is 7.01. The first-order chi connectivity index (χ1) is 14.4. The average Bonchev–Trinajstić information content (AvgIpc) is 3.09. The van der Waals surface area contributed by atoms with Gasteiger partial charge in [-0.05, 0) is 30.7 Å². The molecule has 0 spiro atoms. The van der Waals surface area contributed by atoms with Crippen molar-refractivity contribution in [1.29, 1.82) is 0 Å². The molecule has 4 bridgehead atoms. The van der Waals surface area contributed by atoms with E-state index < -0.39 is 23.4 Å². The number of halogens is 1. The average molecular weight is 427 g/mol. The minimum Gasteiger partial charge on any atom is -0.465 e. The molecule has 2 atom stereocenters. The second-order valence-corrected chi connectivity index (χ2v) is 7.97. The van der Waals surface area contributed by atoms with Crippen molar-refractivity contribution < 1.29 is 24.1 Å². The van der Waals surface area contributed by atoms with E-state index in [1.165, 1.54) is 0 Å². The number of hydrogen-bond donors (Lipinski definition) is 1. The SMILES string of the molecule is CC[C@@]1(O)C(=O)OC2OCOc3c(Cl)ccc4nc5c(cc34)Cn3c-5cc1c2c3=O. The maximum absolute atomic E-state index is 13.4. The van der Waals surface area contributed by atoms with Crippen molar-refractivity contribution in [1.82, 2.24) is 9.55 Å². The number of esters is 1. The van der Waals surface area contributed by atoms with Gasteiger partial charge in [-0.1, -0.05) is 18.5 Å². The van der Waals surface area contributed by atoms with Crippen molar-refractivity contribution in [2.24, 2.45) is 0 Å². The molecule has 0 aliphatic carbocycles. The van der Waals surface area contributed by atoms with Crippen LogP contribution in [0, 0.1) is 0 Å². The fraction of sp³-hybridized carbons (Fsp3) is 0.286. The third kappa shape index (κ3) is 2.10. The molecule has 8 nitrogen and oxygen atoms in total. The van der Waals surface area contributed by atoms with Gasteiger partial charge in [-0.25, -0.2) is 9.78 Å². The summed E-state index contributed by atoms with van der Waals surface area (Å²) in [5.74, 6) is -0.472. The van der Waals surface area contributed by atoms with Gasteiger partial charge in [0, 0.05) is 16.5 Å². The molecule has 6 rings (SSSR count). The number of carbonyl (C=O) groups excluding carboxylic acids is 1. The molecule has 9 heteroatoms. The molecular formula is C21H15ClN2O6. The van der Waals surface area contributed by atoms with Crippen molar-refractivity contribution in [3.05, 3.63) is 56.3 Å². The number of pyridine rings is 2. The number of ether oxygens (including phenoxy) is 3. The molecule has 1 N–H and O–H groups in total. The van der Waals surface area contributed by atoms with Crippen molar-refractivity contribution in [2.45, 2.75) is 31.8 Å². The van der Waals surface area contributed by atoms with E-state index in [2.05, 4.69) is 0 Å². The van der Waals surface area contributed by atoms with Gasteiger partial charge in [0.25, 0.3) is 5.56 Å². The number of benzene rings is 1. The zero-order valence-corrected chi connectivity index (χ0v) is 16.5. The highest BCUT2D eigenvalue weighted by molar-refractivity contribution is 6.33. The van der Waals surface area contributed by atoms with Crippen LogP contribution in [0.2, 0.25) is 5.02 Å². The van der Waals surface area contributed by atoms with Crippen LogP contribution in [0.5, 0.6) is 5.75 Å². The molecule has 0 amide bonds. The Hall–Kier alpha value is -2.94. The fourth-order valence-electron chi connectivity index (χ4n) is 4.45. The fourth-order valence-corrected chi connectivity index (χ4v) is 4.67. The summed E-state index contributed by atoms with van der Waals surface area (Å²) in [6.45, 7) is 1.62. The van der Waals surface area contributed by atoms with Gasteiger partial charge >= 0.3 is 5.97 Å². The van der Waals surface area contributed by atoms with Crippen molar-refractivity contribution in [2.75, 3.05) is 6.79 Å². The maximum atomic E-state index is 13.4. The van der Waals surface area contributed by atoms with Crippen molar-refractivity contribution in [3.8, 4) is 17.1 Å². The van der Waals surface area contributed by atoms with E-state index in [9.17, 15) is 14.7 Å². The standard InChI is InChI=1S/C21H15ClN2O6/c1-2-21(27)11-6-14-16-9-5-10-13(23-16)4-3-12(22)17(10)28-8-29-19(30-20(21)26)15(11)18(25)24(14)7-9/h3-6,19,27H,2,7-8H2,1H3/t19?,21-/m0/s1. The number of aromatic nitrogens is 2. The molecular weight excluding hydrogens is 412 g/mol. The molecule has 152 valence electrons. The van der Waals surface area contributed by atoms with E-state index in [1.54, 1.807) is 29.7 Å². The lowest BCUT2D eigenvalue weighted by Gasteiger charge is -2.35. The first-order valence-corrected chi connectivity index (χ1v) is 9.88. The van der Waals surface area contributed by atoms with Crippen LogP contribution in [-0.4, -0.2) is 27.4 Å². The topological polar surface area (TPSA) is 99.9 Å². The highest BCUT2D eigenvalue weighted by atomic mass is 35.5. The largest absolute Gasteiger partial charge is 0.465 e. The molecule has 5 heterocycles. The summed E-state index contributed by atoms with van der Waals surface area (Å²) in [4.78, 5) is 30.8. The molecule has 0 saturated heterocycles. The van der Waals surface area contributed by atoms with Gasteiger partial charge in [0.1, 0.15) is 0 Å². The highest BCUT2D eigenvalue weighted by Crippen LogP contribution is 2.44. The summed E-state index contributed by atoms with van der Waals surface area (Å²) in [5.41, 5.74) is 0.539. The molecule has 0 radical (unpaired) electrons. The summed E-state index contributed by atoms with van der Waals surface area (Å²) in [5, 5.41) is 12.2.